The highest BCUT2D eigenvalue weighted by Crippen LogP contribution is 2.58. The molecule has 2 heterocycles. The van der Waals surface area contributed by atoms with Crippen LogP contribution in [-0.2, 0) is 5.41 Å². The maximum atomic E-state index is 5.42. The molecule has 0 unspecified atom stereocenters. The third kappa shape index (κ3) is 4.95. The van der Waals surface area contributed by atoms with Crippen LogP contribution in [0.15, 0.2) is 206 Å². The Morgan fingerprint density at radius 1 is 0.375 bits per heavy atom. The van der Waals surface area contributed by atoms with Gasteiger partial charge in [-0.25, -0.2) is 9.97 Å². The summed E-state index contributed by atoms with van der Waals surface area (Å²) in [5.74, 6) is 0.703. The molecule has 56 heavy (non-hydrogen) atoms. The van der Waals surface area contributed by atoms with Gasteiger partial charge in [0, 0.05) is 42.4 Å². The number of fused-ring (bicyclic) bond motifs is 6. The zero-order valence-corrected chi connectivity index (χ0v) is 31.2. The van der Waals surface area contributed by atoms with E-state index in [0.29, 0.717) is 5.82 Å². The van der Waals surface area contributed by atoms with Crippen molar-refractivity contribution in [3.63, 3.8) is 0 Å². The van der Waals surface area contributed by atoms with Gasteiger partial charge < -0.3 is 0 Å². The number of hydrogen-bond acceptors (Lipinski definition) is 3. The average molecular weight is 731 g/mol. The first-order chi connectivity index (χ1) is 27.8. The van der Waals surface area contributed by atoms with Crippen molar-refractivity contribution in [3.05, 3.63) is 229 Å². The Kier molecular flexibility index (Phi) is 7.61. The van der Waals surface area contributed by atoms with Crippen LogP contribution in [0.4, 0.5) is 0 Å². The monoisotopic (exact) mass is 730 g/mol. The predicted octanol–water partition coefficient (Wildman–Crippen LogP) is 13.9. The molecular weight excluding hydrogens is 697 g/mol. The van der Waals surface area contributed by atoms with Gasteiger partial charge in [0.1, 0.15) is 0 Å². The quantitative estimate of drug-likeness (QED) is 0.170. The van der Waals surface area contributed by atoms with Crippen LogP contribution < -0.4 is 0 Å². The van der Waals surface area contributed by atoms with Crippen LogP contribution in [0.5, 0.6) is 0 Å². The summed E-state index contributed by atoms with van der Waals surface area (Å²) in [6.45, 7) is 0. The first-order valence-electron chi connectivity index (χ1n) is 19.1. The Balaban J connectivity index is 1.18. The lowest BCUT2D eigenvalue weighted by Gasteiger charge is -2.33. The van der Waals surface area contributed by atoms with E-state index >= 15 is 0 Å². The molecule has 1 aliphatic rings. The van der Waals surface area contributed by atoms with Crippen LogP contribution >= 0.6 is 11.3 Å². The zero-order valence-electron chi connectivity index (χ0n) is 30.4. The largest absolute Gasteiger partial charge is 0.228 e. The highest BCUT2D eigenvalue weighted by molar-refractivity contribution is 7.26. The lowest BCUT2D eigenvalue weighted by atomic mass is 9.67. The third-order valence-corrected chi connectivity index (χ3v) is 12.6. The molecule has 0 saturated heterocycles. The number of benzene rings is 8. The zero-order chi connectivity index (χ0) is 37.1. The molecule has 0 spiro atoms. The van der Waals surface area contributed by atoms with E-state index in [0.717, 1.165) is 33.6 Å². The second kappa shape index (κ2) is 13.1. The third-order valence-electron chi connectivity index (χ3n) is 11.4. The molecule has 0 saturated carbocycles. The number of rotatable bonds is 6. The molecule has 8 aromatic carbocycles. The van der Waals surface area contributed by atoms with Gasteiger partial charge in [0.25, 0.3) is 0 Å². The standard InChI is InChI=1S/C53H34N2S/c1-4-18-35(19-5-1)52-54-47(39-25-11-10-24-38(39)41-28-16-29-42-40-26-13-15-33-49(40)56-51(41)42)34-48(55-52)44-30-17-32-46-50(44)43-27-12-14-31-45(43)53(46,36-20-6-2-7-21-36)37-22-8-3-9-23-37/h1-34H. The maximum Gasteiger partial charge on any atom is 0.160 e. The van der Waals surface area contributed by atoms with Crippen molar-refractivity contribution in [2.75, 3.05) is 0 Å². The van der Waals surface area contributed by atoms with Gasteiger partial charge >= 0.3 is 0 Å². The fourth-order valence-corrected chi connectivity index (χ4v) is 10.3. The molecule has 2 nitrogen and oxygen atoms in total. The second-order valence-electron chi connectivity index (χ2n) is 14.4. The molecule has 11 rings (SSSR count). The minimum atomic E-state index is -0.502. The van der Waals surface area contributed by atoms with Gasteiger partial charge in [-0.15, -0.1) is 11.3 Å². The van der Waals surface area contributed by atoms with E-state index in [9.17, 15) is 0 Å². The van der Waals surface area contributed by atoms with Crippen molar-refractivity contribution in [2.24, 2.45) is 0 Å². The Bertz CT molecular complexity index is 3040. The van der Waals surface area contributed by atoms with E-state index in [4.69, 9.17) is 9.97 Å². The molecule has 0 amide bonds. The molecule has 0 radical (unpaired) electrons. The highest BCUT2D eigenvalue weighted by Gasteiger charge is 2.46. The first kappa shape index (κ1) is 32.5. The Morgan fingerprint density at radius 3 is 1.64 bits per heavy atom. The van der Waals surface area contributed by atoms with Gasteiger partial charge in [0.05, 0.1) is 16.8 Å². The van der Waals surface area contributed by atoms with Crippen LogP contribution in [0, 0.1) is 0 Å². The number of nitrogens with zero attached hydrogens (tertiary/aromatic N) is 2. The van der Waals surface area contributed by atoms with E-state index in [1.807, 2.05) is 17.4 Å². The highest BCUT2D eigenvalue weighted by atomic mass is 32.1. The van der Waals surface area contributed by atoms with Crippen LogP contribution in [-0.4, -0.2) is 9.97 Å². The summed E-state index contributed by atoms with van der Waals surface area (Å²) in [5.41, 5.74) is 14.3. The summed E-state index contributed by atoms with van der Waals surface area (Å²) >= 11 is 1.86. The van der Waals surface area contributed by atoms with Crippen molar-refractivity contribution in [2.45, 2.75) is 5.41 Å². The molecule has 262 valence electrons. The lowest BCUT2D eigenvalue weighted by Crippen LogP contribution is -2.28. The normalized spacial score (nSPS) is 12.8. The fourth-order valence-electron chi connectivity index (χ4n) is 9.05. The molecule has 2 aromatic heterocycles. The Hall–Kier alpha value is -6.94. The smallest absolute Gasteiger partial charge is 0.160 e. The van der Waals surface area contributed by atoms with Crippen LogP contribution in [0.25, 0.3) is 76.3 Å². The van der Waals surface area contributed by atoms with Crippen molar-refractivity contribution in [1.82, 2.24) is 9.97 Å². The van der Waals surface area contributed by atoms with E-state index in [-0.39, 0.29) is 0 Å². The lowest BCUT2D eigenvalue weighted by molar-refractivity contribution is 0.768. The topological polar surface area (TPSA) is 25.8 Å². The van der Waals surface area contributed by atoms with Crippen LogP contribution in [0.2, 0.25) is 0 Å². The molecule has 0 bridgehead atoms. The van der Waals surface area contributed by atoms with Crippen molar-refractivity contribution in [3.8, 4) is 56.2 Å². The molecule has 0 atom stereocenters. The number of hydrogen-bond donors (Lipinski definition) is 0. The van der Waals surface area contributed by atoms with Crippen molar-refractivity contribution >= 4 is 31.5 Å². The van der Waals surface area contributed by atoms with Gasteiger partial charge in [0.2, 0.25) is 0 Å². The molecule has 10 aromatic rings. The minimum absolute atomic E-state index is 0.502. The molecule has 0 N–H and O–H groups in total. The molecule has 0 fully saturated rings. The average Bonchev–Trinajstić information content (AvgIpc) is 3.81. The second-order valence-corrected chi connectivity index (χ2v) is 15.5. The summed E-state index contributed by atoms with van der Waals surface area (Å²) in [6, 6.07) is 74.3. The van der Waals surface area contributed by atoms with Gasteiger partial charge in [-0.1, -0.05) is 194 Å². The molecule has 0 aliphatic heterocycles. The minimum Gasteiger partial charge on any atom is -0.228 e. The Labute approximate surface area is 330 Å². The van der Waals surface area contributed by atoms with E-state index < -0.39 is 5.41 Å². The van der Waals surface area contributed by atoms with Gasteiger partial charge in [-0.2, -0.15) is 0 Å². The summed E-state index contributed by atoms with van der Waals surface area (Å²) in [5, 5.41) is 2.58. The SMILES string of the molecule is c1ccc(-c2nc(-c3ccccc3-c3cccc4c3sc3ccccc34)cc(-c3cccc4c3-c3ccccc3C4(c3ccccc3)c3ccccc3)n2)cc1. The van der Waals surface area contributed by atoms with E-state index in [1.165, 1.54) is 59.1 Å². The summed E-state index contributed by atoms with van der Waals surface area (Å²) < 4.78 is 2.58. The van der Waals surface area contributed by atoms with Crippen molar-refractivity contribution < 1.29 is 0 Å². The van der Waals surface area contributed by atoms with Crippen LogP contribution in [0.1, 0.15) is 22.3 Å². The van der Waals surface area contributed by atoms with Crippen LogP contribution in [0.3, 0.4) is 0 Å². The van der Waals surface area contributed by atoms with E-state index in [1.54, 1.807) is 0 Å². The Morgan fingerprint density at radius 2 is 0.893 bits per heavy atom. The maximum absolute atomic E-state index is 5.42. The van der Waals surface area contributed by atoms with E-state index in [2.05, 4.69) is 200 Å². The fraction of sp³-hybridized carbons (Fsp3) is 0.0189. The molecule has 3 heteroatoms. The summed E-state index contributed by atoms with van der Waals surface area (Å²) in [4.78, 5) is 10.8. The van der Waals surface area contributed by atoms with Gasteiger partial charge in [-0.3, -0.25) is 0 Å². The number of aromatic nitrogens is 2. The molecular formula is C53H34N2S. The molecule has 1 aliphatic carbocycles. The summed E-state index contributed by atoms with van der Waals surface area (Å²) in [6.07, 6.45) is 0. The number of thiophene rings is 1. The predicted molar refractivity (Wildman–Crippen MR) is 234 cm³/mol. The summed E-state index contributed by atoms with van der Waals surface area (Å²) in [7, 11) is 0. The van der Waals surface area contributed by atoms with Gasteiger partial charge in [-0.05, 0) is 51.1 Å². The first-order valence-corrected chi connectivity index (χ1v) is 19.9. The van der Waals surface area contributed by atoms with Gasteiger partial charge in [0.15, 0.2) is 5.82 Å². The van der Waals surface area contributed by atoms with Crippen molar-refractivity contribution in [1.29, 1.82) is 0 Å².